The lowest BCUT2D eigenvalue weighted by Gasteiger charge is -2.30. The molecule has 148 valence electrons. The summed E-state index contributed by atoms with van der Waals surface area (Å²) in [6, 6.07) is 38.4. The summed E-state index contributed by atoms with van der Waals surface area (Å²) in [7, 11) is 0. The van der Waals surface area contributed by atoms with Gasteiger partial charge in [-0.2, -0.15) is 0 Å². The van der Waals surface area contributed by atoms with E-state index < -0.39 is 12.9 Å². The van der Waals surface area contributed by atoms with Crippen LogP contribution in [-0.4, -0.2) is 16.9 Å². The van der Waals surface area contributed by atoms with E-state index in [1.807, 2.05) is 66.7 Å². The fourth-order valence-electron chi connectivity index (χ4n) is 3.88. The number of rotatable bonds is 6. The first kappa shape index (κ1) is 19.9. The van der Waals surface area contributed by atoms with Crippen molar-refractivity contribution in [2.24, 2.45) is 0 Å². The average molecular weight is 410 g/mol. The molecule has 0 heterocycles. The number of carboxylic acids is 1. The second-order valence-corrected chi connectivity index (χ2v) is 10.4. The Balaban J connectivity index is 2.09. The number of aromatic carboxylic acids is 1. The van der Waals surface area contributed by atoms with Crippen molar-refractivity contribution >= 4 is 34.6 Å². The molecule has 2 nitrogen and oxygen atoms in total. The lowest BCUT2D eigenvalue weighted by Crippen LogP contribution is -2.30. The number of carbonyl (C=O) groups is 1. The molecule has 4 aromatic rings. The van der Waals surface area contributed by atoms with Crippen LogP contribution in [0.15, 0.2) is 115 Å². The summed E-state index contributed by atoms with van der Waals surface area (Å²) in [5.74, 6) is 1.46. The number of hydrogen-bond acceptors (Lipinski definition) is 1. The zero-order valence-electron chi connectivity index (χ0n) is 16.6. The van der Waals surface area contributed by atoms with E-state index in [4.69, 9.17) is 0 Å². The van der Waals surface area contributed by atoms with Gasteiger partial charge in [-0.1, -0.05) is 115 Å². The average Bonchev–Trinajstić information content (AvgIpc) is 2.82. The normalized spacial score (nSPS) is 11.1. The summed E-state index contributed by atoms with van der Waals surface area (Å²) in [6.07, 6.45) is 0.756. The molecule has 0 spiro atoms. The molecule has 0 radical (unpaired) electrons. The molecule has 30 heavy (non-hydrogen) atoms. The minimum atomic E-state index is -2.32. The zero-order chi connectivity index (χ0) is 20.8. The van der Waals surface area contributed by atoms with Crippen molar-refractivity contribution in [3.63, 3.8) is 0 Å². The lowest BCUT2D eigenvalue weighted by atomic mass is 10.2. The van der Waals surface area contributed by atoms with Gasteiger partial charge in [-0.05, 0) is 40.9 Å². The molecule has 0 amide bonds. The minimum absolute atomic E-state index is 0.364. The molecular formula is C27H23O2P. The van der Waals surface area contributed by atoms with E-state index in [9.17, 15) is 9.90 Å². The molecule has 0 aromatic heterocycles. The van der Waals surface area contributed by atoms with Gasteiger partial charge in [-0.15, -0.1) is 0 Å². The van der Waals surface area contributed by atoms with Crippen LogP contribution in [-0.2, 0) is 6.42 Å². The summed E-state index contributed by atoms with van der Waals surface area (Å²) in [5, 5.41) is 13.2. The van der Waals surface area contributed by atoms with Crippen LogP contribution in [0.25, 0.3) is 0 Å². The molecule has 0 saturated heterocycles. The second-order valence-electron chi connectivity index (χ2n) is 7.09. The molecule has 3 heteroatoms. The predicted molar refractivity (Wildman–Crippen MR) is 128 cm³/mol. The highest BCUT2D eigenvalue weighted by atomic mass is 31.2. The molecule has 0 atom stereocenters. The van der Waals surface area contributed by atoms with Crippen LogP contribution in [0.2, 0.25) is 0 Å². The Bertz CT molecular complexity index is 1140. The van der Waals surface area contributed by atoms with Crippen LogP contribution in [0.4, 0.5) is 0 Å². The first-order valence-corrected chi connectivity index (χ1v) is 11.8. The van der Waals surface area contributed by atoms with Crippen LogP contribution in [0.5, 0.6) is 0 Å². The standard InChI is InChI=1S/C27H23O2P/c28-27(29)25-18-10-11-19-26(25)30(23-14-6-2-7-15-23,24-16-8-3-9-17-24)21-20-22-12-4-1-5-13-22/h1-19,21H,20H2,(H,28,29). The quantitative estimate of drug-likeness (QED) is 0.467. The number of carboxylic acid groups (broad SMARTS) is 1. The van der Waals surface area contributed by atoms with Crippen LogP contribution >= 0.6 is 6.89 Å². The largest absolute Gasteiger partial charge is 0.478 e. The van der Waals surface area contributed by atoms with E-state index >= 15 is 0 Å². The van der Waals surface area contributed by atoms with Crippen LogP contribution in [0.3, 0.4) is 0 Å². The first-order valence-electron chi connectivity index (χ1n) is 9.93. The Morgan fingerprint density at radius 2 is 1.13 bits per heavy atom. The maximum Gasteiger partial charge on any atom is 0.336 e. The van der Waals surface area contributed by atoms with Crippen LogP contribution < -0.4 is 15.9 Å². The highest BCUT2D eigenvalue weighted by Gasteiger charge is 2.28. The molecule has 0 saturated carbocycles. The van der Waals surface area contributed by atoms with Crippen molar-refractivity contribution < 1.29 is 9.90 Å². The summed E-state index contributed by atoms with van der Waals surface area (Å²) < 4.78 is 0. The van der Waals surface area contributed by atoms with Crippen LogP contribution in [0, 0.1) is 0 Å². The molecule has 0 aliphatic heterocycles. The SMILES string of the molecule is O=C(O)c1ccccc1P(=CCc1ccccc1)(c1ccccc1)c1ccccc1. The Morgan fingerprint density at radius 1 is 0.667 bits per heavy atom. The van der Waals surface area contributed by atoms with Crippen molar-refractivity contribution in [1.29, 1.82) is 0 Å². The molecule has 0 fully saturated rings. The van der Waals surface area contributed by atoms with Gasteiger partial charge in [-0.3, -0.25) is 0 Å². The minimum Gasteiger partial charge on any atom is -0.478 e. The third-order valence-electron chi connectivity index (χ3n) is 5.29. The molecule has 4 rings (SSSR count). The third-order valence-corrected chi connectivity index (χ3v) is 9.39. The highest BCUT2D eigenvalue weighted by Crippen LogP contribution is 2.45. The lowest BCUT2D eigenvalue weighted by molar-refractivity contribution is 0.0698. The van der Waals surface area contributed by atoms with Crippen molar-refractivity contribution in [3.05, 3.63) is 126 Å². The van der Waals surface area contributed by atoms with Crippen molar-refractivity contribution in [2.45, 2.75) is 6.42 Å². The van der Waals surface area contributed by atoms with Crippen molar-refractivity contribution in [3.8, 4) is 0 Å². The van der Waals surface area contributed by atoms with Gasteiger partial charge in [0, 0.05) is 0 Å². The number of benzene rings is 4. The second kappa shape index (κ2) is 8.98. The summed E-state index contributed by atoms with van der Waals surface area (Å²) in [6.45, 7) is -2.32. The van der Waals surface area contributed by atoms with Gasteiger partial charge in [0.2, 0.25) is 0 Å². The molecule has 4 aromatic carbocycles. The maximum atomic E-state index is 12.2. The summed E-state index contributed by atoms with van der Waals surface area (Å²) in [5.41, 5.74) is 1.57. The van der Waals surface area contributed by atoms with Gasteiger partial charge < -0.3 is 5.11 Å². The Hall–Kier alpha value is -3.35. The zero-order valence-corrected chi connectivity index (χ0v) is 17.5. The first-order chi connectivity index (χ1) is 14.7. The van der Waals surface area contributed by atoms with Gasteiger partial charge >= 0.3 is 5.97 Å². The molecule has 1 N–H and O–H groups in total. The summed E-state index contributed by atoms with van der Waals surface area (Å²) in [4.78, 5) is 12.2. The summed E-state index contributed by atoms with van der Waals surface area (Å²) >= 11 is 0. The fourth-order valence-corrected chi connectivity index (χ4v) is 7.99. The van der Waals surface area contributed by atoms with Gasteiger partial charge in [0.25, 0.3) is 0 Å². The molecule has 0 aliphatic rings. The van der Waals surface area contributed by atoms with Crippen molar-refractivity contribution in [1.82, 2.24) is 0 Å². The van der Waals surface area contributed by atoms with Crippen molar-refractivity contribution in [2.75, 3.05) is 0 Å². The smallest absolute Gasteiger partial charge is 0.336 e. The van der Waals surface area contributed by atoms with E-state index in [-0.39, 0.29) is 0 Å². The van der Waals surface area contributed by atoms with Gasteiger partial charge in [-0.25, -0.2) is 4.79 Å². The predicted octanol–water partition coefficient (Wildman–Crippen LogP) is 4.72. The van der Waals surface area contributed by atoms with E-state index in [1.165, 1.54) is 5.56 Å². The van der Waals surface area contributed by atoms with Crippen LogP contribution in [0.1, 0.15) is 15.9 Å². The Kier molecular flexibility index (Phi) is 5.97. The third kappa shape index (κ3) is 3.87. The van der Waals surface area contributed by atoms with Gasteiger partial charge in [0.05, 0.1) is 5.56 Å². The molecule has 0 aliphatic carbocycles. The highest BCUT2D eigenvalue weighted by molar-refractivity contribution is 7.94. The molecule has 0 bridgehead atoms. The molecule has 0 unspecified atom stereocenters. The maximum absolute atomic E-state index is 12.2. The monoisotopic (exact) mass is 410 g/mol. The van der Waals surface area contributed by atoms with Gasteiger partial charge in [0.1, 0.15) is 0 Å². The van der Waals surface area contributed by atoms with E-state index in [2.05, 4.69) is 42.2 Å². The Morgan fingerprint density at radius 3 is 1.67 bits per heavy atom. The van der Waals surface area contributed by atoms with E-state index in [0.717, 1.165) is 22.3 Å². The Labute approximate surface area is 177 Å². The van der Waals surface area contributed by atoms with Gasteiger partial charge in [0.15, 0.2) is 0 Å². The van der Waals surface area contributed by atoms with E-state index in [1.54, 1.807) is 12.1 Å². The number of hydrogen-bond donors (Lipinski definition) is 1. The molecular weight excluding hydrogens is 387 g/mol. The van der Waals surface area contributed by atoms with E-state index in [0.29, 0.717) is 5.56 Å². The fraction of sp³-hybridized carbons (Fsp3) is 0.0370. The topological polar surface area (TPSA) is 37.3 Å².